The first-order valence-corrected chi connectivity index (χ1v) is 11.1. The van der Waals surface area contributed by atoms with Gasteiger partial charge in [-0.1, -0.05) is 35.9 Å². The molecule has 2 aromatic carbocycles. The van der Waals surface area contributed by atoms with Gasteiger partial charge in [-0.25, -0.2) is 14.1 Å². The molecule has 8 nitrogen and oxygen atoms in total. The van der Waals surface area contributed by atoms with Crippen LogP contribution in [-0.4, -0.2) is 38.2 Å². The first kappa shape index (κ1) is 24.1. The molecule has 0 saturated carbocycles. The Morgan fingerprint density at radius 1 is 1.09 bits per heavy atom. The number of nitrogens with one attached hydrogen (secondary N) is 1. The molecule has 2 heterocycles. The molecule has 178 valence electrons. The Hall–Kier alpha value is -4.08. The van der Waals surface area contributed by atoms with E-state index in [9.17, 15) is 14.0 Å². The van der Waals surface area contributed by atoms with Crippen LogP contribution in [0.2, 0.25) is 5.02 Å². The minimum absolute atomic E-state index is 0.113. The Bertz CT molecular complexity index is 1390. The van der Waals surface area contributed by atoms with Crippen molar-refractivity contribution in [2.45, 2.75) is 12.8 Å². The summed E-state index contributed by atoms with van der Waals surface area (Å²) in [5.41, 5.74) is 7.40. The molecule has 0 fully saturated rings. The summed E-state index contributed by atoms with van der Waals surface area (Å²) >= 11 is 6.30. The molecule has 0 saturated heterocycles. The van der Waals surface area contributed by atoms with Gasteiger partial charge in [0.25, 0.3) is 5.91 Å². The fraction of sp³-hybridized carbons (Fsp3) is 0.120. The molecular weight excluding hydrogens is 473 g/mol. The Kier molecular flexibility index (Phi) is 7.19. The molecule has 0 aliphatic heterocycles. The fourth-order valence-electron chi connectivity index (χ4n) is 3.40. The number of carbonyl (C=O) groups excluding carboxylic acids is 2. The summed E-state index contributed by atoms with van der Waals surface area (Å²) < 4.78 is 15.0. The first-order chi connectivity index (χ1) is 16.9. The second kappa shape index (κ2) is 10.5. The number of aliphatic hydroxyl groups is 1. The number of hydrogen-bond acceptors (Lipinski definition) is 6. The number of benzene rings is 2. The second-order valence-corrected chi connectivity index (χ2v) is 8.03. The monoisotopic (exact) mass is 493 g/mol. The number of halogens is 2. The molecule has 0 aliphatic carbocycles. The summed E-state index contributed by atoms with van der Waals surface area (Å²) in [5, 5.41) is 16.3. The quantitative estimate of drug-likeness (QED) is 0.310. The number of carbonyl (C=O) groups is 2. The van der Waals surface area contributed by atoms with E-state index in [-0.39, 0.29) is 46.7 Å². The molecule has 0 bridgehead atoms. The van der Waals surface area contributed by atoms with Crippen molar-refractivity contribution in [3.8, 4) is 16.9 Å². The molecule has 4 aromatic rings. The zero-order valence-electron chi connectivity index (χ0n) is 18.4. The number of Topliss-reactive ketones (excluding diaryl/α,β-unsaturated/α-hetero) is 1. The van der Waals surface area contributed by atoms with Crippen molar-refractivity contribution in [2.75, 3.05) is 17.7 Å². The van der Waals surface area contributed by atoms with E-state index >= 15 is 0 Å². The van der Waals surface area contributed by atoms with Crippen molar-refractivity contribution in [3.05, 3.63) is 88.8 Å². The van der Waals surface area contributed by atoms with Gasteiger partial charge in [0.2, 0.25) is 0 Å². The van der Waals surface area contributed by atoms with E-state index in [2.05, 4.69) is 15.4 Å². The molecular formula is C25H21ClFN5O3. The summed E-state index contributed by atoms with van der Waals surface area (Å²) in [5.74, 6) is -1.44. The lowest BCUT2D eigenvalue weighted by molar-refractivity contribution is 0.0965. The highest BCUT2D eigenvalue weighted by Crippen LogP contribution is 2.27. The zero-order valence-corrected chi connectivity index (χ0v) is 19.2. The van der Waals surface area contributed by atoms with Crippen LogP contribution in [0.1, 0.15) is 33.7 Å². The largest absolute Gasteiger partial charge is 0.396 e. The number of ketones is 1. The van der Waals surface area contributed by atoms with E-state index in [0.717, 1.165) is 0 Å². The molecule has 0 aliphatic rings. The number of aromatic nitrogens is 3. The van der Waals surface area contributed by atoms with Gasteiger partial charge in [-0.2, -0.15) is 5.10 Å². The fourth-order valence-corrected chi connectivity index (χ4v) is 3.60. The first-order valence-electron chi connectivity index (χ1n) is 10.7. The maximum atomic E-state index is 13.5. The van der Waals surface area contributed by atoms with Crippen LogP contribution in [0.5, 0.6) is 0 Å². The third-order valence-corrected chi connectivity index (χ3v) is 5.51. The second-order valence-electron chi connectivity index (χ2n) is 7.62. The SMILES string of the molecule is Nc1nc(-c2ccc(Cl)c(C(=O)Nc3cc(C(=O)CCCO)nn3-c3ccccc3)c2)ccc1F. The Morgan fingerprint density at radius 3 is 2.57 bits per heavy atom. The summed E-state index contributed by atoms with van der Waals surface area (Å²) in [4.78, 5) is 29.7. The van der Waals surface area contributed by atoms with Crippen LogP contribution in [0, 0.1) is 5.82 Å². The van der Waals surface area contributed by atoms with Gasteiger partial charge in [0, 0.05) is 24.7 Å². The molecule has 0 radical (unpaired) electrons. The highest BCUT2D eigenvalue weighted by atomic mass is 35.5. The molecule has 2 aromatic heterocycles. The third kappa shape index (κ3) is 5.37. The lowest BCUT2D eigenvalue weighted by Crippen LogP contribution is -2.15. The number of aliphatic hydroxyl groups excluding tert-OH is 1. The molecule has 0 unspecified atom stereocenters. The van der Waals surface area contributed by atoms with Gasteiger partial charge in [0.1, 0.15) is 11.5 Å². The van der Waals surface area contributed by atoms with E-state index in [0.29, 0.717) is 23.4 Å². The van der Waals surface area contributed by atoms with Crippen molar-refractivity contribution in [1.29, 1.82) is 0 Å². The highest BCUT2D eigenvalue weighted by molar-refractivity contribution is 6.34. The third-order valence-electron chi connectivity index (χ3n) is 5.18. The van der Waals surface area contributed by atoms with Gasteiger partial charge >= 0.3 is 0 Å². The molecule has 4 rings (SSSR count). The van der Waals surface area contributed by atoms with Crippen LogP contribution in [0.15, 0.2) is 66.7 Å². The minimum atomic E-state index is -0.640. The molecule has 0 spiro atoms. The van der Waals surface area contributed by atoms with Crippen LogP contribution >= 0.6 is 11.6 Å². The van der Waals surface area contributed by atoms with Gasteiger partial charge in [-0.3, -0.25) is 9.59 Å². The molecule has 1 amide bonds. The number of para-hydroxylation sites is 1. The van der Waals surface area contributed by atoms with Gasteiger partial charge in [-0.15, -0.1) is 0 Å². The van der Waals surface area contributed by atoms with Crippen molar-refractivity contribution in [2.24, 2.45) is 0 Å². The molecule has 10 heteroatoms. The van der Waals surface area contributed by atoms with Gasteiger partial charge in [-0.05, 0) is 42.8 Å². The number of nitrogens with two attached hydrogens (primary N) is 1. The average molecular weight is 494 g/mol. The smallest absolute Gasteiger partial charge is 0.258 e. The van der Waals surface area contributed by atoms with E-state index in [1.165, 1.54) is 35.0 Å². The zero-order chi connectivity index (χ0) is 24.9. The van der Waals surface area contributed by atoms with Crippen LogP contribution in [0.25, 0.3) is 16.9 Å². The van der Waals surface area contributed by atoms with Crippen LogP contribution in [0.3, 0.4) is 0 Å². The van der Waals surface area contributed by atoms with Crippen molar-refractivity contribution >= 4 is 34.9 Å². The summed E-state index contributed by atoms with van der Waals surface area (Å²) in [6.07, 6.45) is 0.431. The Morgan fingerprint density at radius 2 is 1.86 bits per heavy atom. The highest BCUT2D eigenvalue weighted by Gasteiger charge is 2.19. The molecule has 35 heavy (non-hydrogen) atoms. The lowest BCUT2D eigenvalue weighted by Gasteiger charge is -2.11. The number of amides is 1. The predicted molar refractivity (Wildman–Crippen MR) is 131 cm³/mol. The van der Waals surface area contributed by atoms with E-state index in [4.69, 9.17) is 22.4 Å². The van der Waals surface area contributed by atoms with E-state index in [1.807, 2.05) is 6.07 Å². The van der Waals surface area contributed by atoms with Gasteiger partial charge in [0.15, 0.2) is 17.4 Å². The summed E-state index contributed by atoms with van der Waals surface area (Å²) in [7, 11) is 0. The Balaban J connectivity index is 1.68. The predicted octanol–water partition coefficient (Wildman–Crippen LogP) is 4.52. The van der Waals surface area contributed by atoms with Crippen LogP contribution in [0.4, 0.5) is 16.0 Å². The number of nitrogen functional groups attached to an aromatic ring is 1. The lowest BCUT2D eigenvalue weighted by atomic mass is 10.1. The maximum Gasteiger partial charge on any atom is 0.258 e. The minimum Gasteiger partial charge on any atom is -0.396 e. The topological polar surface area (TPSA) is 123 Å². The summed E-state index contributed by atoms with van der Waals surface area (Å²) in [6, 6.07) is 17.8. The van der Waals surface area contributed by atoms with Crippen LogP contribution in [-0.2, 0) is 0 Å². The van der Waals surface area contributed by atoms with Gasteiger partial charge < -0.3 is 16.2 Å². The van der Waals surface area contributed by atoms with Crippen LogP contribution < -0.4 is 11.1 Å². The standard InChI is InChI=1S/C25H21ClFN5O3/c26-18-9-8-15(20-11-10-19(27)24(28)29-20)13-17(18)25(35)30-23-14-21(22(34)7-4-12-33)31-32(23)16-5-2-1-3-6-16/h1-3,5-6,8-11,13-14,33H,4,7,12H2,(H2,28,29)(H,30,35). The summed E-state index contributed by atoms with van der Waals surface area (Å²) in [6.45, 7) is -0.113. The normalized spacial score (nSPS) is 10.8. The number of hydrogen-bond donors (Lipinski definition) is 3. The van der Waals surface area contributed by atoms with E-state index in [1.54, 1.807) is 30.3 Å². The average Bonchev–Trinajstić information content (AvgIpc) is 3.29. The van der Waals surface area contributed by atoms with E-state index < -0.39 is 11.7 Å². The van der Waals surface area contributed by atoms with Crippen molar-refractivity contribution < 1.29 is 19.1 Å². The number of rotatable bonds is 8. The molecule has 4 N–H and O–H groups in total. The number of pyridine rings is 1. The van der Waals surface area contributed by atoms with Crippen molar-refractivity contribution in [1.82, 2.24) is 14.8 Å². The number of anilines is 2. The molecule has 0 atom stereocenters. The number of nitrogens with zero attached hydrogens (tertiary/aromatic N) is 3. The van der Waals surface area contributed by atoms with Gasteiger partial charge in [0.05, 0.1) is 22.0 Å². The Labute approximate surface area is 205 Å². The van der Waals surface area contributed by atoms with Crippen molar-refractivity contribution in [3.63, 3.8) is 0 Å². The maximum absolute atomic E-state index is 13.5.